The first-order valence-electron chi connectivity index (χ1n) is 8.65. The third-order valence-corrected chi connectivity index (χ3v) is 4.19. The van der Waals surface area contributed by atoms with Gasteiger partial charge in [0.2, 0.25) is 0 Å². The Bertz CT molecular complexity index is 768. The maximum absolute atomic E-state index is 11.8. The SMILES string of the molecule is COc1ccc(CCNC(=O)NCCOc2cc(C)ccc2Cl)cc1OC. The van der Waals surface area contributed by atoms with E-state index in [-0.39, 0.29) is 6.03 Å². The molecule has 0 aromatic heterocycles. The van der Waals surface area contributed by atoms with E-state index in [0.717, 1.165) is 11.1 Å². The van der Waals surface area contributed by atoms with Gasteiger partial charge in [0.25, 0.3) is 0 Å². The van der Waals surface area contributed by atoms with Crippen LogP contribution in [0.5, 0.6) is 17.2 Å². The van der Waals surface area contributed by atoms with E-state index < -0.39 is 0 Å². The predicted octanol–water partition coefficient (Wildman–Crippen LogP) is 3.59. The molecule has 0 saturated carbocycles. The minimum Gasteiger partial charge on any atom is -0.493 e. The normalized spacial score (nSPS) is 10.2. The minimum absolute atomic E-state index is 0.241. The fourth-order valence-corrected chi connectivity index (χ4v) is 2.64. The number of rotatable bonds is 9. The van der Waals surface area contributed by atoms with Crippen molar-refractivity contribution < 1.29 is 19.0 Å². The summed E-state index contributed by atoms with van der Waals surface area (Å²) in [7, 11) is 3.19. The Hall–Kier alpha value is -2.60. The van der Waals surface area contributed by atoms with Crippen molar-refractivity contribution in [2.75, 3.05) is 33.9 Å². The number of nitrogens with one attached hydrogen (secondary N) is 2. The van der Waals surface area contributed by atoms with Crippen molar-refractivity contribution in [2.24, 2.45) is 0 Å². The van der Waals surface area contributed by atoms with E-state index >= 15 is 0 Å². The van der Waals surface area contributed by atoms with E-state index in [2.05, 4.69) is 10.6 Å². The van der Waals surface area contributed by atoms with Crippen LogP contribution in [0.2, 0.25) is 5.02 Å². The molecule has 0 bridgehead atoms. The molecule has 0 spiro atoms. The van der Waals surface area contributed by atoms with Gasteiger partial charge in [-0.05, 0) is 48.7 Å². The first-order valence-corrected chi connectivity index (χ1v) is 9.03. The van der Waals surface area contributed by atoms with Gasteiger partial charge >= 0.3 is 6.03 Å². The van der Waals surface area contributed by atoms with E-state index in [1.54, 1.807) is 20.3 Å². The van der Waals surface area contributed by atoms with Gasteiger partial charge in [0, 0.05) is 6.54 Å². The zero-order valence-electron chi connectivity index (χ0n) is 15.8. The number of ether oxygens (including phenoxy) is 3. The summed E-state index contributed by atoms with van der Waals surface area (Å²) in [4.78, 5) is 11.8. The summed E-state index contributed by atoms with van der Waals surface area (Å²) in [5.41, 5.74) is 2.11. The summed E-state index contributed by atoms with van der Waals surface area (Å²) in [6.45, 7) is 3.19. The van der Waals surface area contributed by atoms with Crippen LogP contribution in [0.25, 0.3) is 0 Å². The Kier molecular flexibility index (Phi) is 8.07. The molecule has 0 atom stereocenters. The van der Waals surface area contributed by atoms with Crippen molar-refractivity contribution in [3.63, 3.8) is 0 Å². The summed E-state index contributed by atoms with van der Waals surface area (Å²) in [5, 5.41) is 6.12. The first-order chi connectivity index (χ1) is 13.0. The number of carbonyl (C=O) groups is 1. The summed E-state index contributed by atoms with van der Waals surface area (Å²) in [6, 6.07) is 11.0. The maximum atomic E-state index is 11.8. The highest BCUT2D eigenvalue weighted by Crippen LogP contribution is 2.27. The topological polar surface area (TPSA) is 68.8 Å². The lowest BCUT2D eigenvalue weighted by atomic mass is 10.1. The fraction of sp³-hybridized carbons (Fsp3) is 0.350. The average Bonchev–Trinajstić information content (AvgIpc) is 2.67. The van der Waals surface area contributed by atoms with Crippen molar-refractivity contribution in [3.05, 3.63) is 52.5 Å². The minimum atomic E-state index is -0.241. The Balaban J connectivity index is 1.67. The van der Waals surface area contributed by atoms with Crippen LogP contribution in [0.3, 0.4) is 0 Å². The standard InChI is InChI=1S/C20H25ClN2O4/c1-14-4-6-16(21)18(12-14)27-11-10-23-20(24)22-9-8-15-5-7-17(25-2)19(13-15)26-3/h4-7,12-13H,8-11H2,1-3H3,(H2,22,23,24). The van der Waals surface area contributed by atoms with Crippen LogP contribution < -0.4 is 24.8 Å². The molecule has 0 fully saturated rings. The summed E-state index contributed by atoms with van der Waals surface area (Å²) < 4.78 is 16.1. The van der Waals surface area contributed by atoms with Crippen molar-refractivity contribution in [2.45, 2.75) is 13.3 Å². The van der Waals surface area contributed by atoms with Crippen molar-refractivity contribution in [3.8, 4) is 17.2 Å². The molecule has 0 aliphatic rings. The van der Waals surface area contributed by atoms with Crippen molar-refractivity contribution in [1.29, 1.82) is 0 Å². The summed E-state index contributed by atoms with van der Waals surface area (Å²) in [6.07, 6.45) is 0.684. The highest BCUT2D eigenvalue weighted by atomic mass is 35.5. The largest absolute Gasteiger partial charge is 0.493 e. The second-order valence-electron chi connectivity index (χ2n) is 5.90. The molecule has 0 unspecified atom stereocenters. The molecule has 2 rings (SSSR count). The third-order valence-electron chi connectivity index (χ3n) is 3.88. The van der Waals surface area contributed by atoms with Crippen LogP contribution in [0.1, 0.15) is 11.1 Å². The lowest BCUT2D eigenvalue weighted by molar-refractivity contribution is 0.236. The van der Waals surface area contributed by atoms with Crippen LogP contribution in [0, 0.1) is 6.92 Å². The quantitative estimate of drug-likeness (QED) is 0.640. The molecule has 0 aliphatic heterocycles. The number of methoxy groups -OCH3 is 2. The van der Waals surface area contributed by atoms with Crippen LogP contribution in [0.4, 0.5) is 4.79 Å². The van der Waals surface area contributed by atoms with Crippen molar-refractivity contribution >= 4 is 17.6 Å². The van der Waals surface area contributed by atoms with Gasteiger partial charge in [0.05, 0.1) is 25.8 Å². The van der Waals surface area contributed by atoms with Crippen LogP contribution in [0.15, 0.2) is 36.4 Å². The zero-order valence-corrected chi connectivity index (χ0v) is 16.6. The molecule has 0 radical (unpaired) electrons. The molecule has 7 heteroatoms. The molecule has 0 aliphatic carbocycles. The Morgan fingerprint density at radius 2 is 1.70 bits per heavy atom. The Labute approximate surface area is 164 Å². The van der Waals surface area contributed by atoms with Gasteiger partial charge in [-0.25, -0.2) is 4.79 Å². The van der Waals surface area contributed by atoms with E-state index in [4.69, 9.17) is 25.8 Å². The number of amides is 2. The van der Waals surface area contributed by atoms with Gasteiger partial charge in [-0.15, -0.1) is 0 Å². The number of benzene rings is 2. The maximum Gasteiger partial charge on any atom is 0.314 e. The number of aryl methyl sites for hydroxylation is 1. The Morgan fingerprint density at radius 3 is 2.44 bits per heavy atom. The molecule has 2 aromatic carbocycles. The van der Waals surface area contributed by atoms with Gasteiger partial charge in [-0.2, -0.15) is 0 Å². The van der Waals surface area contributed by atoms with Crippen LogP contribution >= 0.6 is 11.6 Å². The second kappa shape index (κ2) is 10.5. The summed E-state index contributed by atoms with van der Waals surface area (Å²) >= 11 is 6.06. The number of urea groups is 1. The molecule has 2 N–H and O–H groups in total. The smallest absolute Gasteiger partial charge is 0.314 e. The fourth-order valence-electron chi connectivity index (χ4n) is 2.47. The molecular formula is C20H25ClN2O4. The number of hydrogen-bond acceptors (Lipinski definition) is 4. The number of hydrogen-bond donors (Lipinski definition) is 2. The highest BCUT2D eigenvalue weighted by Gasteiger charge is 2.06. The molecule has 6 nitrogen and oxygen atoms in total. The van der Waals surface area contributed by atoms with E-state index in [0.29, 0.717) is 48.4 Å². The van der Waals surface area contributed by atoms with E-state index in [1.807, 2.05) is 37.3 Å². The molecule has 146 valence electrons. The molecule has 27 heavy (non-hydrogen) atoms. The molecular weight excluding hydrogens is 368 g/mol. The van der Waals surface area contributed by atoms with Gasteiger partial charge < -0.3 is 24.8 Å². The first kappa shape index (κ1) is 20.7. The van der Waals surface area contributed by atoms with E-state index in [1.165, 1.54) is 0 Å². The number of halogens is 1. The van der Waals surface area contributed by atoms with Gasteiger partial charge in [0.1, 0.15) is 12.4 Å². The lowest BCUT2D eigenvalue weighted by Gasteiger charge is -2.11. The third kappa shape index (κ3) is 6.57. The second-order valence-corrected chi connectivity index (χ2v) is 6.31. The molecule has 0 heterocycles. The highest BCUT2D eigenvalue weighted by molar-refractivity contribution is 6.32. The Morgan fingerprint density at radius 1 is 0.963 bits per heavy atom. The number of carbonyl (C=O) groups excluding carboxylic acids is 1. The molecule has 2 aromatic rings. The molecule has 2 amide bonds. The zero-order chi connectivity index (χ0) is 19.6. The van der Waals surface area contributed by atoms with Crippen LogP contribution in [-0.4, -0.2) is 39.9 Å². The average molecular weight is 393 g/mol. The van der Waals surface area contributed by atoms with Gasteiger partial charge in [0.15, 0.2) is 11.5 Å². The van der Waals surface area contributed by atoms with E-state index in [9.17, 15) is 4.79 Å². The monoisotopic (exact) mass is 392 g/mol. The lowest BCUT2D eigenvalue weighted by Crippen LogP contribution is -2.38. The van der Waals surface area contributed by atoms with Crippen LogP contribution in [-0.2, 0) is 6.42 Å². The predicted molar refractivity (Wildman–Crippen MR) is 106 cm³/mol. The molecule has 0 saturated heterocycles. The van der Waals surface area contributed by atoms with Gasteiger partial charge in [-0.1, -0.05) is 23.7 Å². The van der Waals surface area contributed by atoms with Crippen molar-refractivity contribution in [1.82, 2.24) is 10.6 Å². The van der Waals surface area contributed by atoms with Gasteiger partial charge in [-0.3, -0.25) is 0 Å². The summed E-state index contributed by atoms with van der Waals surface area (Å²) in [5.74, 6) is 1.97.